The molecule has 1 rings (SSSR count). The normalized spacial score (nSPS) is 27.9. The number of hydrogen-bond acceptors (Lipinski definition) is 3. The van der Waals surface area contributed by atoms with Crippen LogP contribution in [0.4, 0.5) is 4.79 Å². The largest absolute Gasteiger partial charge is 0.444 e. The van der Waals surface area contributed by atoms with Gasteiger partial charge in [-0.2, -0.15) is 0 Å². The number of hydrogen-bond donors (Lipinski definition) is 1. The number of amides is 1. The molecule has 0 bridgehead atoms. The molecular formula is C10H20N2O2. The van der Waals surface area contributed by atoms with Crippen LogP contribution in [0.25, 0.3) is 0 Å². The molecular weight excluding hydrogens is 180 g/mol. The molecule has 0 aliphatic carbocycles. The van der Waals surface area contributed by atoms with Crippen LogP contribution in [0.1, 0.15) is 34.1 Å². The monoisotopic (exact) mass is 200 g/mol. The van der Waals surface area contributed by atoms with E-state index in [0.717, 1.165) is 6.42 Å². The van der Waals surface area contributed by atoms with E-state index in [0.29, 0.717) is 6.54 Å². The Balaban J connectivity index is 2.53. The lowest BCUT2D eigenvalue weighted by atomic mass is 10.2. The average Bonchev–Trinajstić information content (AvgIpc) is 2.26. The minimum atomic E-state index is -0.427. The van der Waals surface area contributed by atoms with Crippen molar-refractivity contribution in [1.29, 1.82) is 0 Å². The van der Waals surface area contributed by atoms with Gasteiger partial charge in [-0.1, -0.05) is 0 Å². The van der Waals surface area contributed by atoms with Crippen LogP contribution >= 0.6 is 0 Å². The van der Waals surface area contributed by atoms with Crippen molar-refractivity contribution in [3.63, 3.8) is 0 Å². The van der Waals surface area contributed by atoms with E-state index in [4.69, 9.17) is 10.5 Å². The topological polar surface area (TPSA) is 55.6 Å². The fraction of sp³-hybridized carbons (Fsp3) is 0.900. The zero-order valence-corrected chi connectivity index (χ0v) is 9.41. The molecule has 1 saturated heterocycles. The summed E-state index contributed by atoms with van der Waals surface area (Å²) in [6.45, 7) is 8.20. The number of nitrogens with two attached hydrogens (primary N) is 1. The van der Waals surface area contributed by atoms with E-state index in [9.17, 15) is 4.79 Å². The van der Waals surface area contributed by atoms with Crippen LogP contribution in [-0.2, 0) is 4.74 Å². The van der Waals surface area contributed by atoms with Crippen LogP contribution in [-0.4, -0.2) is 35.2 Å². The Labute approximate surface area is 85.4 Å². The molecule has 4 nitrogen and oxygen atoms in total. The minimum absolute atomic E-state index is 0.0949. The van der Waals surface area contributed by atoms with Crippen LogP contribution in [0.2, 0.25) is 0 Å². The van der Waals surface area contributed by atoms with Gasteiger partial charge in [0.1, 0.15) is 5.60 Å². The second kappa shape index (κ2) is 3.77. The number of carbonyl (C=O) groups is 1. The van der Waals surface area contributed by atoms with Gasteiger partial charge in [0, 0.05) is 18.6 Å². The highest BCUT2D eigenvalue weighted by Crippen LogP contribution is 2.19. The minimum Gasteiger partial charge on any atom is -0.444 e. The molecule has 1 fully saturated rings. The molecule has 0 spiro atoms. The maximum Gasteiger partial charge on any atom is 0.410 e. The molecule has 1 aliphatic heterocycles. The highest BCUT2D eigenvalue weighted by molar-refractivity contribution is 5.69. The molecule has 0 aromatic carbocycles. The second-order valence-corrected chi connectivity index (χ2v) is 4.98. The number of rotatable bonds is 0. The summed E-state index contributed by atoms with van der Waals surface area (Å²) >= 11 is 0. The highest BCUT2D eigenvalue weighted by atomic mass is 16.6. The van der Waals surface area contributed by atoms with Gasteiger partial charge < -0.3 is 15.4 Å². The number of carbonyl (C=O) groups excluding carboxylic acids is 1. The van der Waals surface area contributed by atoms with Gasteiger partial charge in [-0.15, -0.1) is 0 Å². The van der Waals surface area contributed by atoms with E-state index in [2.05, 4.69) is 0 Å². The lowest BCUT2D eigenvalue weighted by molar-refractivity contribution is 0.0237. The molecule has 2 atom stereocenters. The Morgan fingerprint density at radius 1 is 1.50 bits per heavy atom. The van der Waals surface area contributed by atoms with Crippen molar-refractivity contribution in [1.82, 2.24) is 4.90 Å². The molecule has 1 heterocycles. The van der Waals surface area contributed by atoms with Crippen LogP contribution in [0.5, 0.6) is 0 Å². The standard InChI is InChI=1S/C10H20N2O2/c1-7-5-8(11)6-12(7)9(13)14-10(2,3)4/h7-8H,5-6,11H2,1-4H3/t7-,8-/m1/s1. The molecule has 14 heavy (non-hydrogen) atoms. The van der Waals surface area contributed by atoms with E-state index in [1.807, 2.05) is 27.7 Å². The highest BCUT2D eigenvalue weighted by Gasteiger charge is 2.33. The van der Waals surface area contributed by atoms with Gasteiger partial charge in [-0.25, -0.2) is 4.79 Å². The Morgan fingerprint density at radius 2 is 2.07 bits per heavy atom. The second-order valence-electron chi connectivity index (χ2n) is 4.98. The zero-order chi connectivity index (χ0) is 10.9. The SMILES string of the molecule is C[C@@H]1C[C@@H](N)CN1C(=O)OC(C)(C)C. The fourth-order valence-corrected chi connectivity index (χ4v) is 1.65. The van der Waals surface area contributed by atoms with Crippen molar-refractivity contribution in [3.8, 4) is 0 Å². The van der Waals surface area contributed by atoms with Crippen molar-refractivity contribution in [2.75, 3.05) is 6.54 Å². The smallest absolute Gasteiger partial charge is 0.410 e. The zero-order valence-electron chi connectivity index (χ0n) is 9.41. The summed E-state index contributed by atoms with van der Waals surface area (Å²) in [6, 6.07) is 0.289. The summed E-state index contributed by atoms with van der Waals surface area (Å²) in [4.78, 5) is 13.4. The summed E-state index contributed by atoms with van der Waals surface area (Å²) in [5.74, 6) is 0. The summed E-state index contributed by atoms with van der Waals surface area (Å²) in [6.07, 6.45) is 0.608. The van der Waals surface area contributed by atoms with E-state index in [1.54, 1.807) is 4.90 Å². The first-order chi connectivity index (χ1) is 6.29. The van der Waals surface area contributed by atoms with Crippen molar-refractivity contribution in [2.24, 2.45) is 5.73 Å². The maximum absolute atomic E-state index is 11.7. The summed E-state index contributed by atoms with van der Waals surface area (Å²) < 4.78 is 5.27. The van der Waals surface area contributed by atoms with E-state index >= 15 is 0 Å². The van der Waals surface area contributed by atoms with E-state index < -0.39 is 5.60 Å². The molecule has 1 aliphatic rings. The Morgan fingerprint density at radius 3 is 2.43 bits per heavy atom. The molecule has 82 valence electrons. The molecule has 0 saturated carbocycles. The van der Waals surface area contributed by atoms with Crippen molar-refractivity contribution >= 4 is 6.09 Å². The Kier molecular flexibility index (Phi) is 3.04. The molecule has 1 amide bonds. The molecule has 2 N–H and O–H groups in total. The van der Waals surface area contributed by atoms with Gasteiger partial charge in [0.05, 0.1) is 0 Å². The van der Waals surface area contributed by atoms with Crippen molar-refractivity contribution in [2.45, 2.75) is 51.8 Å². The van der Waals surface area contributed by atoms with Gasteiger partial charge in [-0.3, -0.25) is 0 Å². The third kappa shape index (κ3) is 2.87. The van der Waals surface area contributed by atoms with Gasteiger partial charge >= 0.3 is 6.09 Å². The van der Waals surface area contributed by atoms with E-state index in [-0.39, 0.29) is 18.2 Å². The predicted molar refractivity (Wildman–Crippen MR) is 55.0 cm³/mol. The maximum atomic E-state index is 11.7. The van der Waals surface area contributed by atoms with Gasteiger partial charge in [0.2, 0.25) is 0 Å². The molecule has 4 heteroatoms. The first-order valence-electron chi connectivity index (χ1n) is 5.05. The fourth-order valence-electron chi connectivity index (χ4n) is 1.65. The third-order valence-electron chi connectivity index (χ3n) is 2.24. The first kappa shape index (κ1) is 11.3. The predicted octanol–water partition coefficient (Wildman–Crippen LogP) is 1.34. The van der Waals surface area contributed by atoms with Gasteiger partial charge in [0.15, 0.2) is 0 Å². The lowest BCUT2D eigenvalue weighted by Gasteiger charge is -2.26. The summed E-state index contributed by atoms with van der Waals surface area (Å²) in [5.41, 5.74) is 5.34. The number of nitrogens with zero attached hydrogens (tertiary/aromatic N) is 1. The molecule has 0 unspecified atom stereocenters. The van der Waals surface area contributed by atoms with Gasteiger partial charge in [-0.05, 0) is 34.1 Å². The van der Waals surface area contributed by atoms with Gasteiger partial charge in [0.25, 0.3) is 0 Å². The van der Waals surface area contributed by atoms with Crippen LogP contribution in [0.15, 0.2) is 0 Å². The number of likely N-dealkylation sites (tertiary alicyclic amines) is 1. The lowest BCUT2D eigenvalue weighted by Crippen LogP contribution is -2.39. The quantitative estimate of drug-likeness (QED) is 0.642. The van der Waals surface area contributed by atoms with Crippen LogP contribution in [0, 0.1) is 0 Å². The third-order valence-corrected chi connectivity index (χ3v) is 2.24. The van der Waals surface area contributed by atoms with E-state index in [1.165, 1.54) is 0 Å². The first-order valence-corrected chi connectivity index (χ1v) is 5.05. The van der Waals surface area contributed by atoms with Crippen LogP contribution < -0.4 is 5.73 Å². The van der Waals surface area contributed by atoms with Crippen molar-refractivity contribution < 1.29 is 9.53 Å². The number of ether oxygens (including phenoxy) is 1. The molecule has 0 aromatic rings. The van der Waals surface area contributed by atoms with Crippen molar-refractivity contribution in [3.05, 3.63) is 0 Å². The Hall–Kier alpha value is -0.770. The Bertz CT molecular complexity index is 223. The molecule has 0 aromatic heterocycles. The summed E-state index contributed by atoms with van der Waals surface area (Å²) in [7, 11) is 0. The summed E-state index contributed by atoms with van der Waals surface area (Å²) in [5, 5.41) is 0. The molecule has 0 radical (unpaired) electrons. The van der Waals surface area contributed by atoms with Crippen LogP contribution in [0.3, 0.4) is 0 Å². The average molecular weight is 200 g/mol.